The molecule has 0 unspecified atom stereocenters. The number of aromatic nitrogens is 2. The van der Waals surface area contributed by atoms with Crippen LogP contribution in [-0.4, -0.2) is 35.1 Å². The molecule has 8 nitrogen and oxygen atoms in total. The number of fused-ring (bicyclic) bond motifs is 1. The highest BCUT2D eigenvalue weighted by molar-refractivity contribution is 6.01. The first-order valence-corrected chi connectivity index (χ1v) is 11.2. The number of benzene rings is 1. The van der Waals surface area contributed by atoms with Gasteiger partial charge in [0, 0.05) is 26.0 Å². The molecule has 0 aliphatic rings. The number of carbonyl (C=O) groups excluding carboxylic acids is 1. The van der Waals surface area contributed by atoms with E-state index in [1.807, 2.05) is 38.1 Å². The predicted octanol–water partition coefficient (Wildman–Crippen LogP) is 3.81. The zero-order chi connectivity index (χ0) is 24.5. The molecule has 0 radical (unpaired) electrons. The third-order valence-electron chi connectivity index (χ3n) is 5.20. The van der Waals surface area contributed by atoms with Gasteiger partial charge in [0.25, 0.3) is 11.5 Å². The molecule has 3 aromatic rings. The number of hydrogen-bond acceptors (Lipinski definition) is 6. The Kier molecular flexibility index (Phi) is 8.54. The third-order valence-corrected chi connectivity index (χ3v) is 5.20. The molecule has 1 aromatic carbocycles. The van der Waals surface area contributed by atoms with E-state index in [0.717, 1.165) is 17.5 Å². The van der Waals surface area contributed by atoms with Gasteiger partial charge in [-0.2, -0.15) is 10.2 Å². The fraction of sp³-hybridized carbons (Fsp3) is 0.308. The van der Waals surface area contributed by atoms with Crippen molar-refractivity contribution in [1.29, 1.82) is 5.26 Å². The van der Waals surface area contributed by atoms with E-state index in [1.165, 1.54) is 10.5 Å². The van der Waals surface area contributed by atoms with E-state index in [-0.39, 0.29) is 17.0 Å². The highest BCUT2D eigenvalue weighted by Crippen LogP contribution is 2.25. The summed E-state index contributed by atoms with van der Waals surface area (Å²) in [6.07, 6.45) is 4.32. The lowest BCUT2D eigenvalue weighted by Crippen LogP contribution is -2.27. The highest BCUT2D eigenvalue weighted by atomic mass is 16.5. The van der Waals surface area contributed by atoms with Crippen LogP contribution in [0.15, 0.2) is 53.0 Å². The largest absolute Gasteiger partial charge is 0.438 e. The molecule has 0 saturated carbocycles. The lowest BCUT2D eigenvalue weighted by atomic mass is 10.1. The lowest BCUT2D eigenvalue weighted by Gasteiger charge is -2.12. The monoisotopic (exact) mass is 460 g/mol. The molecule has 0 fully saturated rings. The maximum atomic E-state index is 13.3. The Balaban J connectivity index is 2.02. The molecule has 176 valence electrons. The summed E-state index contributed by atoms with van der Waals surface area (Å²) in [5.74, 6) is -0.0537. The number of hydrogen-bond donors (Lipinski definition) is 1. The Morgan fingerprint density at radius 1 is 1.24 bits per heavy atom. The maximum Gasteiger partial charge on any atom is 0.269 e. The van der Waals surface area contributed by atoms with Gasteiger partial charge < -0.3 is 14.8 Å². The number of aryl methyl sites for hydroxylation is 2. The number of rotatable bonds is 10. The van der Waals surface area contributed by atoms with Crippen molar-refractivity contribution in [2.24, 2.45) is 0 Å². The molecule has 3 rings (SSSR count). The summed E-state index contributed by atoms with van der Waals surface area (Å²) >= 11 is 0. The molecule has 0 spiro atoms. The second-order valence-corrected chi connectivity index (χ2v) is 7.60. The molecule has 2 heterocycles. The minimum atomic E-state index is -0.578. The summed E-state index contributed by atoms with van der Waals surface area (Å²) < 4.78 is 12.6. The van der Waals surface area contributed by atoms with E-state index in [4.69, 9.17) is 9.47 Å². The summed E-state index contributed by atoms with van der Waals surface area (Å²) in [7, 11) is 0. The standard InChI is InChI=1S/C26H28N4O4/c1-4-19-9-11-21(12-10-19)34-25-22(26(32)30-14-6-8-18(3)23(30)29-25)16-20(17-27)24(31)28-13-7-15-33-5-2/h6,8-12,14,16H,4-5,7,13,15H2,1-3H3,(H,28,31)/b20-16+. The van der Waals surface area contributed by atoms with Crippen molar-refractivity contribution < 1.29 is 14.3 Å². The first kappa shape index (κ1) is 24.7. The van der Waals surface area contributed by atoms with E-state index in [2.05, 4.69) is 17.2 Å². The van der Waals surface area contributed by atoms with Gasteiger partial charge in [0.05, 0.1) is 0 Å². The third kappa shape index (κ3) is 5.88. The Bertz CT molecular complexity index is 1290. The van der Waals surface area contributed by atoms with Crippen molar-refractivity contribution in [3.63, 3.8) is 0 Å². The number of nitrogens with zero attached hydrogens (tertiary/aromatic N) is 3. The number of nitriles is 1. The van der Waals surface area contributed by atoms with Crippen molar-refractivity contribution in [2.45, 2.75) is 33.6 Å². The number of pyridine rings is 1. The molecule has 0 atom stereocenters. The van der Waals surface area contributed by atoms with Crippen LogP contribution in [0.2, 0.25) is 0 Å². The molecular weight excluding hydrogens is 432 g/mol. The summed E-state index contributed by atoms with van der Waals surface area (Å²) in [5.41, 5.74) is 1.73. The van der Waals surface area contributed by atoms with Gasteiger partial charge in [0.1, 0.15) is 28.6 Å². The number of carbonyl (C=O) groups is 1. The summed E-state index contributed by atoms with van der Waals surface area (Å²) in [5, 5.41) is 12.3. The van der Waals surface area contributed by atoms with E-state index < -0.39 is 11.5 Å². The van der Waals surface area contributed by atoms with Gasteiger partial charge in [0.2, 0.25) is 5.88 Å². The van der Waals surface area contributed by atoms with E-state index >= 15 is 0 Å². The van der Waals surface area contributed by atoms with Crippen molar-refractivity contribution in [3.05, 3.63) is 75.2 Å². The molecule has 0 aliphatic carbocycles. The lowest BCUT2D eigenvalue weighted by molar-refractivity contribution is -0.117. The van der Waals surface area contributed by atoms with Crippen LogP contribution in [0.1, 0.15) is 37.0 Å². The van der Waals surface area contributed by atoms with E-state index in [0.29, 0.717) is 37.6 Å². The smallest absolute Gasteiger partial charge is 0.269 e. The fourth-order valence-electron chi connectivity index (χ4n) is 3.31. The minimum Gasteiger partial charge on any atom is -0.438 e. The van der Waals surface area contributed by atoms with Gasteiger partial charge in [-0.1, -0.05) is 25.1 Å². The zero-order valence-corrected chi connectivity index (χ0v) is 19.6. The molecule has 1 amide bonds. The average Bonchev–Trinajstić information content (AvgIpc) is 2.85. The molecule has 0 saturated heterocycles. The summed E-state index contributed by atoms with van der Waals surface area (Å²) in [6, 6.07) is 12.9. The highest BCUT2D eigenvalue weighted by Gasteiger charge is 2.18. The van der Waals surface area contributed by atoms with E-state index in [9.17, 15) is 14.9 Å². The predicted molar refractivity (Wildman–Crippen MR) is 130 cm³/mol. The second-order valence-electron chi connectivity index (χ2n) is 7.60. The Labute approximate surface area is 198 Å². The van der Waals surface area contributed by atoms with Gasteiger partial charge in [-0.3, -0.25) is 14.0 Å². The van der Waals surface area contributed by atoms with E-state index in [1.54, 1.807) is 24.4 Å². The minimum absolute atomic E-state index is 0.0173. The molecule has 34 heavy (non-hydrogen) atoms. The van der Waals surface area contributed by atoms with Crippen LogP contribution < -0.4 is 15.6 Å². The fourth-order valence-corrected chi connectivity index (χ4v) is 3.31. The number of ether oxygens (including phenoxy) is 2. The molecule has 8 heteroatoms. The normalized spacial score (nSPS) is 11.3. The molecule has 2 aromatic heterocycles. The first-order chi connectivity index (χ1) is 16.5. The maximum absolute atomic E-state index is 13.3. The van der Waals surface area contributed by atoms with Crippen LogP contribution in [0.4, 0.5) is 0 Å². The van der Waals surface area contributed by atoms with Crippen molar-refractivity contribution in [3.8, 4) is 17.7 Å². The molecule has 0 bridgehead atoms. The van der Waals surface area contributed by atoms with Crippen LogP contribution >= 0.6 is 0 Å². The Morgan fingerprint density at radius 2 is 2.00 bits per heavy atom. The van der Waals surface area contributed by atoms with Crippen LogP contribution in [0, 0.1) is 18.3 Å². The first-order valence-electron chi connectivity index (χ1n) is 11.2. The van der Waals surface area contributed by atoms with Gasteiger partial charge in [-0.25, -0.2) is 0 Å². The van der Waals surface area contributed by atoms with Crippen molar-refractivity contribution in [1.82, 2.24) is 14.7 Å². The molecule has 1 N–H and O–H groups in total. The van der Waals surface area contributed by atoms with Crippen molar-refractivity contribution in [2.75, 3.05) is 19.8 Å². The van der Waals surface area contributed by atoms with Crippen molar-refractivity contribution >= 4 is 17.6 Å². The Morgan fingerprint density at radius 3 is 2.68 bits per heavy atom. The van der Waals surface area contributed by atoms with Gasteiger partial charge >= 0.3 is 0 Å². The number of nitrogens with one attached hydrogen (secondary N) is 1. The van der Waals surface area contributed by atoms with Crippen LogP contribution in [0.3, 0.4) is 0 Å². The second kappa shape index (κ2) is 11.8. The average molecular weight is 461 g/mol. The van der Waals surface area contributed by atoms with Gasteiger partial charge in [0.15, 0.2) is 0 Å². The van der Waals surface area contributed by atoms with Crippen LogP contribution in [-0.2, 0) is 16.0 Å². The Hall–Kier alpha value is -3.96. The summed E-state index contributed by atoms with van der Waals surface area (Å²) in [4.78, 5) is 30.5. The number of amides is 1. The topological polar surface area (TPSA) is 106 Å². The quantitative estimate of drug-likeness (QED) is 0.280. The van der Waals surface area contributed by atoms with Gasteiger partial charge in [-0.15, -0.1) is 0 Å². The zero-order valence-electron chi connectivity index (χ0n) is 19.6. The van der Waals surface area contributed by atoms with Gasteiger partial charge in [-0.05, 0) is 62.1 Å². The molecule has 0 aliphatic heterocycles. The van der Waals surface area contributed by atoms with Crippen LogP contribution in [0.5, 0.6) is 11.6 Å². The SMILES string of the molecule is CCOCCCNC(=O)/C(C#N)=C/c1c(Oc2ccc(CC)cc2)nc2c(C)cccn2c1=O. The molecular formula is C26H28N4O4. The van der Waals surface area contributed by atoms with Crippen LogP contribution in [0.25, 0.3) is 11.7 Å². The summed E-state index contributed by atoms with van der Waals surface area (Å²) in [6.45, 7) is 7.24.